The van der Waals surface area contributed by atoms with Crippen LogP contribution < -0.4 is 0 Å². The number of methoxy groups -OCH3 is 1. The Labute approximate surface area is 133 Å². The molecule has 3 heteroatoms. The standard InChI is InChI=1S/C19H25NO2/c1-3-17-15-12-10-8-6-4-5-7-9-11-13-18(20-17)16(14-15)19(21)22-2/h1,14H,4-13H2,2H3. The summed E-state index contributed by atoms with van der Waals surface area (Å²) in [4.78, 5) is 16.6. The molecular weight excluding hydrogens is 274 g/mol. The Kier molecular flexibility index (Phi) is 6.45. The van der Waals surface area contributed by atoms with Gasteiger partial charge in [-0.2, -0.15) is 0 Å². The minimum absolute atomic E-state index is 0.306. The highest BCUT2D eigenvalue weighted by atomic mass is 16.5. The van der Waals surface area contributed by atoms with Gasteiger partial charge in [0.05, 0.1) is 18.4 Å². The van der Waals surface area contributed by atoms with E-state index in [2.05, 4.69) is 10.9 Å². The lowest BCUT2D eigenvalue weighted by molar-refractivity contribution is 0.0598. The van der Waals surface area contributed by atoms with E-state index in [-0.39, 0.29) is 5.97 Å². The van der Waals surface area contributed by atoms with Crippen LogP contribution >= 0.6 is 0 Å². The Hall–Kier alpha value is -1.82. The van der Waals surface area contributed by atoms with E-state index in [1.165, 1.54) is 45.6 Å². The average molecular weight is 299 g/mol. The summed E-state index contributed by atoms with van der Waals surface area (Å²) >= 11 is 0. The maximum Gasteiger partial charge on any atom is 0.339 e. The van der Waals surface area contributed by atoms with Crippen LogP contribution in [0.1, 0.15) is 78.7 Å². The Morgan fingerprint density at radius 1 is 1.09 bits per heavy atom. The Balaban J connectivity index is 2.34. The largest absolute Gasteiger partial charge is 0.465 e. The number of fused-ring (bicyclic) bond motifs is 11. The van der Waals surface area contributed by atoms with E-state index >= 15 is 0 Å². The van der Waals surface area contributed by atoms with Crippen molar-refractivity contribution in [2.24, 2.45) is 0 Å². The van der Waals surface area contributed by atoms with Crippen molar-refractivity contribution in [2.75, 3.05) is 7.11 Å². The van der Waals surface area contributed by atoms with Crippen molar-refractivity contribution >= 4 is 5.97 Å². The zero-order valence-electron chi connectivity index (χ0n) is 13.5. The minimum atomic E-state index is -0.306. The summed E-state index contributed by atoms with van der Waals surface area (Å²) in [6, 6.07) is 1.91. The summed E-state index contributed by atoms with van der Waals surface area (Å²) in [6.45, 7) is 0. The molecule has 118 valence electrons. The highest BCUT2D eigenvalue weighted by Gasteiger charge is 2.17. The SMILES string of the molecule is C#Cc1nc2c(C(=O)OC)cc1CCCCCCCCCC2. The fourth-order valence-corrected chi connectivity index (χ4v) is 3.05. The molecule has 0 amide bonds. The smallest absolute Gasteiger partial charge is 0.339 e. The second-order valence-corrected chi connectivity index (χ2v) is 5.95. The number of pyridine rings is 1. The summed E-state index contributed by atoms with van der Waals surface area (Å²) in [7, 11) is 1.42. The number of hydrogen-bond acceptors (Lipinski definition) is 3. The first-order valence-corrected chi connectivity index (χ1v) is 8.34. The zero-order valence-corrected chi connectivity index (χ0v) is 13.5. The van der Waals surface area contributed by atoms with Crippen LogP contribution in [-0.4, -0.2) is 18.1 Å². The van der Waals surface area contributed by atoms with Gasteiger partial charge in [0.25, 0.3) is 0 Å². The van der Waals surface area contributed by atoms with Crippen molar-refractivity contribution in [2.45, 2.75) is 64.2 Å². The van der Waals surface area contributed by atoms with Gasteiger partial charge in [0.2, 0.25) is 0 Å². The molecule has 0 saturated heterocycles. The number of terminal acetylenes is 1. The van der Waals surface area contributed by atoms with Crippen LogP contribution in [0.5, 0.6) is 0 Å². The van der Waals surface area contributed by atoms with E-state index in [9.17, 15) is 4.79 Å². The van der Waals surface area contributed by atoms with Crippen molar-refractivity contribution in [3.63, 3.8) is 0 Å². The summed E-state index contributed by atoms with van der Waals surface area (Å²) in [6.07, 6.45) is 17.0. The van der Waals surface area contributed by atoms with Gasteiger partial charge in [-0.15, -0.1) is 6.42 Å². The van der Waals surface area contributed by atoms with Crippen molar-refractivity contribution in [1.29, 1.82) is 0 Å². The summed E-state index contributed by atoms with van der Waals surface area (Å²) < 4.78 is 4.92. The Bertz CT molecular complexity index is 557. The molecule has 0 radical (unpaired) electrons. The first-order chi connectivity index (χ1) is 10.8. The van der Waals surface area contributed by atoms with Crippen LogP contribution in [0.25, 0.3) is 0 Å². The molecule has 3 nitrogen and oxygen atoms in total. The van der Waals surface area contributed by atoms with Crippen molar-refractivity contribution in [3.8, 4) is 12.3 Å². The molecule has 2 aliphatic rings. The van der Waals surface area contributed by atoms with Gasteiger partial charge in [0, 0.05) is 0 Å². The van der Waals surface area contributed by atoms with Gasteiger partial charge < -0.3 is 4.74 Å². The molecule has 22 heavy (non-hydrogen) atoms. The summed E-state index contributed by atoms with van der Waals surface area (Å²) in [5.41, 5.74) is 3.08. The summed E-state index contributed by atoms with van der Waals surface area (Å²) in [5.74, 6) is 2.38. The third-order valence-electron chi connectivity index (χ3n) is 4.33. The zero-order chi connectivity index (χ0) is 15.8. The minimum Gasteiger partial charge on any atom is -0.465 e. The normalized spacial score (nSPS) is 16.5. The molecule has 0 N–H and O–H groups in total. The summed E-state index contributed by atoms with van der Waals surface area (Å²) in [5, 5.41) is 0. The first kappa shape index (κ1) is 16.5. The fourth-order valence-electron chi connectivity index (χ4n) is 3.05. The lowest BCUT2D eigenvalue weighted by Crippen LogP contribution is -2.11. The lowest BCUT2D eigenvalue weighted by atomic mass is 9.97. The van der Waals surface area contributed by atoms with Gasteiger partial charge in [-0.1, -0.05) is 38.5 Å². The van der Waals surface area contributed by atoms with Gasteiger partial charge in [-0.05, 0) is 43.2 Å². The third kappa shape index (κ3) is 4.34. The average Bonchev–Trinajstić information content (AvgIpc) is 2.55. The number of carbonyl (C=O) groups is 1. The van der Waals surface area contributed by atoms with Crippen LogP contribution in [0.3, 0.4) is 0 Å². The van der Waals surface area contributed by atoms with Gasteiger partial charge in [0.1, 0.15) is 5.69 Å². The number of aromatic nitrogens is 1. The van der Waals surface area contributed by atoms with Crippen molar-refractivity contribution < 1.29 is 9.53 Å². The molecule has 1 aliphatic heterocycles. The topological polar surface area (TPSA) is 39.2 Å². The van der Waals surface area contributed by atoms with Crippen LogP contribution in [0, 0.1) is 12.3 Å². The van der Waals surface area contributed by atoms with Crippen LogP contribution in [-0.2, 0) is 17.6 Å². The van der Waals surface area contributed by atoms with Gasteiger partial charge in [-0.25, -0.2) is 9.78 Å². The number of esters is 1. The number of nitrogens with zero attached hydrogens (tertiary/aromatic N) is 1. The monoisotopic (exact) mass is 299 g/mol. The molecular formula is C19H25NO2. The molecule has 0 fully saturated rings. The Morgan fingerprint density at radius 2 is 1.68 bits per heavy atom. The van der Waals surface area contributed by atoms with E-state index in [0.717, 1.165) is 36.9 Å². The van der Waals surface area contributed by atoms with Crippen LogP contribution in [0.2, 0.25) is 0 Å². The maximum atomic E-state index is 12.0. The molecule has 0 aromatic carbocycles. The highest BCUT2D eigenvalue weighted by molar-refractivity contribution is 5.90. The number of aryl methyl sites for hydroxylation is 2. The molecule has 2 heterocycles. The fraction of sp³-hybridized carbons (Fsp3) is 0.579. The molecule has 2 bridgehead atoms. The van der Waals surface area contributed by atoms with Crippen molar-refractivity contribution in [3.05, 3.63) is 28.6 Å². The van der Waals surface area contributed by atoms with E-state index in [1.807, 2.05) is 6.07 Å². The highest BCUT2D eigenvalue weighted by Crippen LogP contribution is 2.20. The molecule has 0 spiro atoms. The van der Waals surface area contributed by atoms with Crippen LogP contribution in [0.4, 0.5) is 0 Å². The lowest BCUT2D eigenvalue weighted by Gasteiger charge is -2.13. The molecule has 0 saturated carbocycles. The van der Waals surface area contributed by atoms with E-state index in [4.69, 9.17) is 11.2 Å². The second-order valence-electron chi connectivity index (χ2n) is 5.95. The number of ether oxygens (including phenoxy) is 1. The maximum absolute atomic E-state index is 12.0. The Morgan fingerprint density at radius 3 is 2.27 bits per heavy atom. The van der Waals surface area contributed by atoms with Gasteiger partial charge in [0.15, 0.2) is 0 Å². The molecule has 3 rings (SSSR count). The molecule has 1 aliphatic carbocycles. The molecule has 1 aromatic rings. The van der Waals surface area contributed by atoms with Crippen molar-refractivity contribution in [1.82, 2.24) is 4.98 Å². The predicted octanol–water partition coefficient (Wildman–Crippen LogP) is 4.07. The quantitative estimate of drug-likeness (QED) is 0.579. The number of carbonyl (C=O) groups excluding carboxylic acids is 1. The van der Waals surface area contributed by atoms with E-state index < -0.39 is 0 Å². The molecule has 0 atom stereocenters. The molecule has 0 unspecified atom stereocenters. The predicted molar refractivity (Wildman–Crippen MR) is 87.9 cm³/mol. The van der Waals surface area contributed by atoms with Gasteiger partial charge >= 0.3 is 5.97 Å². The third-order valence-corrected chi connectivity index (χ3v) is 4.33. The number of hydrogen-bond donors (Lipinski definition) is 0. The first-order valence-electron chi connectivity index (χ1n) is 8.34. The van der Waals surface area contributed by atoms with E-state index in [1.54, 1.807) is 0 Å². The second kappa shape index (κ2) is 8.58. The van der Waals surface area contributed by atoms with Gasteiger partial charge in [-0.3, -0.25) is 0 Å². The number of rotatable bonds is 1. The van der Waals surface area contributed by atoms with E-state index in [0.29, 0.717) is 11.3 Å². The van der Waals surface area contributed by atoms with Crippen LogP contribution in [0.15, 0.2) is 6.07 Å². The molecule has 1 aromatic heterocycles.